The highest BCUT2D eigenvalue weighted by Crippen LogP contribution is 2.34. The van der Waals surface area contributed by atoms with Crippen molar-refractivity contribution in [3.63, 3.8) is 0 Å². The third kappa shape index (κ3) is 2.68. The molecular formula is C11H18NOP. The average Bonchev–Trinajstić information content (AvgIpc) is 2.01. The maximum atomic E-state index is 11.8. The Morgan fingerprint density at radius 3 is 2.21 bits per heavy atom. The molecule has 2 nitrogen and oxygen atoms in total. The molecule has 0 radical (unpaired) electrons. The fourth-order valence-corrected chi connectivity index (χ4v) is 1.93. The number of aromatic nitrogens is 1. The smallest absolute Gasteiger partial charge is 0.127 e. The third-order valence-electron chi connectivity index (χ3n) is 2.05. The summed E-state index contributed by atoms with van der Waals surface area (Å²) in [6.07, 6.45) is 0. The molecule has 1 heterocycles. The zero-order valence-corrected chi connectivity index (χ0v) is 10.4. The van der Waals surface area contributed by atoms with Crippen LogP contribution in [0.25, 0.3) is 0 Å². The first-order valence-corrected chi connectivity index (χ1v) is 7.34. The summed E-state index contributed by atoms with van der Waals surface area (Å²) in [5.74, 6) is 0. The van der Waals surface area contributed by atoms with Crippen LogP contribution < -0.4 is 5.44 Å². The first-order chi connectivity index (χ1) is 6.21. The van der Waals surface area contributed by atoms with Gasteiger partial charge in [-0.1, -0.05) is 26.8 Å². The number of rotatable bonds is 1. The lowest BCUT2D eigenvalue weighted by atomic mass is 9.92. The van der Waals surface area contributed by atoms with Gasteiger partial charge in [-0.15, -0.1) is 0 Å². The molecule has 0 unspecified atom stereocenters. The van der Waals surface area contributed by atoms with E-state index >= 15 is 0 Å². The molecule has 0 fully saturated rings. The molecule has 0 saturated carbocycles. The molecular weight excluding hydrogens is 193 g/mol. The minimum absolute atomic E-state index is 0.0190. The number of pyridine rings is 1. The zero-order valence-electron chi connectivity index (χ0n) is 9.53. The van der Waals surface area contributed by atoms with Gasteiger partial charge in [0, 0.05) is 11.1 Å². The molecule has 1 aromatic rings. The Balaban J connectivity index is 3.22. The van der Waals surface area contributed by atoms with Crippen molar-refractivity contribution in [3.8, 4) is 0 Å². The van der Waals surface area contributed by atoms with Gasteiger partial charge in [-0.2, -0.15) is 0 Å². The van der Waals surface area contributed by atoms with Crippen molar-refractivity contribution >= 4 is 12.6 Å². The molecule has 0 spiro atoms. The van der Waals surface area contributed by atoms with Gasteiger partial charge in [0.05, 0.1) is 5.44 Å². The van der Waals surface area contributed by atoms with E-state index in [0.717, 1.165) is 11.1 Å². The maximum absolute atomic E-state index is 11.8. The van der Waals surface area contributed by atoms with Crippen molar-refractivity contribution in [2.75, 3.05) is 13.3 Å². The Morgan fingerprint density at radius 1 is 1.21 bits per heavy atom. The minimum Gasteiger partial charge on any atom is -0.318 e. The lowest BCUT2D eigenvalue weighted by molar-refractivity contribution is 0.568. The quantitative estimate of drug-likeness (QED) is 0.668. The highest BCUT2D eigenvalue weighted by molar-refractivity contribution is 7.69. The summed E-state index contributed by atoms with van der Waals surface area (Å²) in [7, 11) is -2.23. The van der Waals surface area contributed by atoms with Crippen molar-refractivity contribution in [2.45, 2.75) is 26.2 Å². The first-order valence-electron chi connectivity index (χ1n) is 4.74. The van der Waals surface area contributed by atoms with E-state index in [4.69, 9.17) is 0 Å². The molecule has 0 bridgehead atoms. The second-order valence-corrected chi connectivity index (χ2v) is 8.14. The van der Waals surface area contributed by atoms with Gasteiger partial charge in [-0.05, 0) is 25.5 Å². The molecule has 1 rings (SSSR count). The second-order valence-electron chi connectivity index (χ2n) is 4.98. The fraction of sp³-hybridized carbons (Fsp3) is 0.545. The Labute approximate surface area is 86.1 Å². The van der Waals surface area contributed by atoms with Crippen LogP contribution in [0, 0.1) is 0 Å². The number of nitrogens with zero attached hydrogens (tertiary/aromatic N) is 1. The van der Waals surface area contributed by atoms with Gasteiger partial charge >= 0.3 is 0 Å². The van der Waals surface area contributed by atoms with E-state index in [1.54, 1.807) is 13.3 Å². The molecule has 0 amide bonds. The van der Waals surface area contributed by atoms with E-state index in [1.165, 1.54) is 0 Å². The average molecular weight is 211 g/mol. The molecule has 0 N–H and O–H groups in total. The van der Waals surface area contributed by atoms with Crippen molar-refractivity contribution < 1.29 is 4.57 Å². The Morgan fingerprint density at radius 2 is 1.79 bits per heavy atom. The van der Waals surface area contributed by atoms with Crippen molar-refractivity contribution in [1.82, 2.24) is 4.98 Å². The monoisotopic (exact) mass is 211 g/mol. The minimum atomic E-state index is -2.23. The Bertz CT molecular complexity index is 373. The fourth-order valence-electron chi connectivity index (χ4n) is 1.14. The van der Waals surface area contributed by atoms with Crippen molar-refractivity contribution in [1.29, 1.82) is 0 Å². The van der Waals surface area contributed by atoms with E-state index in [0.29, 0.717) is 0 Å². The normalized spacial score (nSPS) is 12.9. The Kier molecular flexibility index (Phi) is 2.87. The topological polar surface area (TPSA) is 30.0 Å². The van der Waals surface area contributed by atoms with Crippen LogP contribution >= 0.6 is 7.14 Å². The van der Waals surface area contributed by atoms with Crippen LogP contribution in [0.5, 0.6) is 0 Å². The van der Waals surface area contributed by atoms with E-state index in [1.807, 2.05) is 18.2 Å². The highest BCUT2D eigenvalue weighted by Gasteiger charge is 2.19. The predicted molar refractivity (Wildman–Crippen MR) is 62.0 cm³/mol. The molecule has 3 heteroatoms. The molecule has 0 aliphatic carbocycles. The SMILES string of the molecule is CC(C)(C)c1cccc(P(C)(C)=O)n1. The summed E-state index contributed by atoms with van der Waals surface area (Å²) in [6.45, 7) is 9.82. The van der Waals surface area contributed by atoms with Gasteiger partial charge in [-0.25, -0.2) is 4.98 Å². The molecule has 14 heavy (non-hydrogen) atoms. The summed E-state index contributed by atoms with van der Waals surface area (Å²) < 4.78 is 11.8. The number of hydrogen-bond acceptors (Lipinski definition) is 2. The van der Waals surface area contributed by atoms with E-state index in [9.17, 15) is 4.57 Å². The summed E-state index contributed by atoms with van der Waals surface area (Å²) in [5.41, 5.74) is 1.74. The largest absolute Gasteiger partial charge is 0.318 e. The van der Waals surface area contributed by atoms with Crippen LogP contribution in [0.3, 0.4) is 0 Å². The van der Waals surface area contributed by atoms with Gasteiger partial charge in [0.2, 0.25) is 0 Å². The lowest BCUT2D eigenvalue weighted by Crippen LogP contribution is -2.19. The standard InChI is InChI=1S/C11H18NOP/c1-11(2,3)9-7-6-8-10(12-9)14(4,5)13/h6-8H,1-5H3. The van der Waals surface area contributed by atoms with E-state index in [2.05, 4.69) is 25.8 Å². The van der Waals surface area contributed by atoms with Crippen LogP contribution in [0.2, 0.25) is 0 Å². The molecule has 0 saturated heterocycles. The zero-order chi connectivity index (χ0) is 11.0. The van der Waals surface area contributed by atoms with E-state index in [-0.39, 0.29) is 5.41 Å². The summed E-state index contributed by atoms with van der Waals surface area (Å²) in [5, 5.41) is 0. The summed E-state index contributed by atoms with van der Waals surface area (Å²) in [4.78, 5) is 4.45. The van der Waals surface area contributed by atoms with Gasteiger partial charge in [0.25, 0.3) is 0 Å². The van der Waals surface area contributed by atoms with Gasteiger partial charge in [-0.3, -0.25) is 0 Å². The van der Waals surface area contributed by atoms with Crippen molar-refractivity contribution in [2.24, 2.45) is 0 Å². The molecule has 0 aromatic carbocycles. The Hall–Kier alpha value is -0.620. The van der Waals surface area contributed by atoms with Crippen LogP contribution in [0.15, 0.2) is 18.2 Å². The van der Waals surface area contributed by atoms with Crippen LogP contribution in [-0.4, -0.2) is 18.3 Å². The third-order valence-corrected chi connectivity index (χ3v) is 3.41. The summed E-state index contributed by atoms with van der Waals surface area (Å²) in [6, 6.07) is 5.76. The van der Waals surface area contributed by atoms with Crippen LogP contribution in [0.4, 0.5) is 0 Å². The molecule has 1 aromatic heterocycles. The van der Waals surface area contributed by atoms with Crippen molar-refractivity contribution in [3.05, 3.63) is 23.9 Å². The lowest BCUT2D eigenvalue weighted by Gasteiger charge is -2.19. The molecule has 78 valence electrons. The maximum Gasteiger partial charge on any atom is 0.127 e. The molecule has 0 aliphatic heterocycles. The van der Waals surface area contributed by atoms with Gasteiger partial charge in [0.1, 0.15) is 7.14 Å². The highest BCUT2D eigenvalue weighted by atomic mass is 31.2. The predicted octanol–water partition coefficient (Wildman–Crippen LogP) is 2.63. The number of hydrogen-bond donors (Lipinski definition) is 0. The summed E-state index contributed by atoms with van der Waals surface area (Å²) >= 11 is 0. The van der Waals surface area contributed by atoms with E-state index < -0.39 is 7.14 Å². The molecule has 0 aliphatic rings. The first kappa shape index (κ1) is 11.5. The molecule has 0 atom stereocenters. The van der Waals surface area contributed by atoms with Gasteiger partial charge in [0.15, 0.2) is 0 Å². The second kappa shape index (κ2) is 3.51. The van der Waals surface area contributed by atoms with Gasteiger partial charge < -0.3 is 4.57 Å². The van der Waals surface area contributed by atoms with Crippen LogP contribution in [0.1, 0.15) is 26.5 Å². The van der Waals surface area contributed by atoms with Crippen LogP contribution in [-0.2, 0) is 9.98 Å².